The van der Waals surface area contributed by atoms with Crippen molar-refractivity contribution in [1.29, 1.82) is 0 Å². The first-order valence-corrected chi connectivity index (χ1v) is 6.83. The summed E-state index contributed by atoms with van der Waals surface area (Å²) in [6.45, 7) is 2.15. The summed E-state index contributed by atoms with van der Waals surface area (Å²) in [5.41, 5.74) is 0.367. The lowest BCUT2D eigenvalue weighted by Gasteiger charge is -2.13. The van der Waals surface area contributed by atoms with E-state index >= 15 is 0 Å². The van der Waals surface area contributed by atoms with Gasteiger partial charge in [0.25, 0.3) is 11.8 Å². The lowest BCUT2D eigenvalue weighted by molar-refractivity contribution is -0.0592. The highest BCUT2D eigenvalue weighted by atomic mass is 35.5. The highest BCUT2D eigenvalue weighted by molar-refractivity contribution is 6.33. The zero-order valence-electron chi connectivity index (χ0n) is 11.4. The quantitative estimate of drug-likeness (QED) is 0.807. The van der Waals surface area contributed by atoms with Crippen LogP contribution in [0.4, 0.5) is 0 Å². The molecule has 112 valence electrons. The largest absolute Gasteiger partial charge is 0.383 e. The molecule has 7 nitrogen and oxygen atoms in total. The van der Waals surface area contributed by atoms with Gasteiger partial charge in [-0.05, 0) is 19.1 Å². The third-order valence-electron chi connectivity index (χ3n) is 3.22. The van der Waals surface area contributed by atoms with Crippen molar-refractivity contribution in [2.45, 2.75) is 13.5 Å². The number of amides is 2. The van der Waals surface area contributed by atoms with Gasteiger partial charge in [0.15, 0.2) is 5.69 Å². The number of aryl methyl sites for hydroxylation is 1. The van der Waals surface area contributed by atoms with Crippen LogP contribution < -0.4 is 0 Å². The minimum absolute atomic E-state index is 0.0132. The second-order valence-corrected chi connectivity index (χ2v) is 4.89. The zero-order chi connectivity index (χ0) is 15.9. The summed E-state index contributed by atoms with van der Waals surface area (Å²) in [6, 6.07) is 6.23. The fourth-order valence-corrected chi connectivity index (χ4v) is 2.40. The summed E-state index contributed by atoms with van der Waals surface area (Å²) in [5, 5.41) is 4.43. The maximum atomic E-state index is 12.2. The average Bonchev–Trinajstić information content (AvgIpc) is 3.01. The lowest BCUT2D eigenvalue weighted by Crippen LogP contribution is -2.33. The Morgan fingerprint density at radius 1 is 1.23 bits per heavy atom. The SMILES string of the molecule is CCn1ncc(Cl)c1C(=O)ON1C(=O)c2ccccc2C1=O. The molecule has 3 rings (SSSR count). The molecule has 8 heteroatoms. The summed E-state index contributed by atoms with van der Waals surface area (Å²) in [6.07, 6.45) is 1.30. The van der Waals surface area contributed by atoms with Crippen molar-refractivity contribution in [3.8, 4) is 0 Å². The maximum Gasteiger partial charge on any atom is 0.383 e. The van der Waals surface area contributed by atoms with Crippen LogP contribution in [0.5, 0.6) is 0 Å². The molecule has 0 fully saturated rings. The van der Waals surface area contributed by atoms with E-state index in [1.807, 2.05) is 0 Å². The third kappa shape index (κ3) is 2.06. The van der Waals surface area contributed by atoms with Gasteiger partial charge in [0, 0.05) is 6.54 Å². The standard InChI is InChI=1S/C14H10ClN3O4/c1-2-17-11(10(15)7-16-17)14(21)22-18-12(19)8-5-3-4-6-9(8)13(18)20/h3-7H,2H2,1H3. The van der Waals surface area contributed by atoms with Crippen LogP contribution in [-0.2, 0) is 11.4 Å². The minimum atomic E-state index is -0.918. The average molecular weight is 320 g/mol. The Bertz CT molecular complexity index is 764. The van der Waals surface area contributed by atoms with E-state index in [-0.39, 0.29) is 21.8 Å². The Morgan fingerprint density at radius 2 is 1.82 bits per heavy atom. The van der Waals surface area contributed by atoms with Crippen molar-refractivity contribution in [3.05, 3.63) is 52.3 Å². The number of hydroxylamine groups is 2. The van der Waals surface area contributed by atoms with E-state index in [1.165, 1.54) is 23.0 Å². The van der Waals surface area contributed by atoms with E-state index in [9.17, 15) is 14.4 Å². The molecule has 2 aromatic rings. The lowest BCUT2D eigenvalue weighted by atomic mass is 10.1. The third-order valence-corrected chi connectivity index (χ3v) is 3.50. The fourth-order valence-electron chi connectivity index (χ4n) is 2.18. The van der Waals surface area contributed by atoms with Gasteiger partial charge in [-0.1, -0.05) is 28.8 Å². The number of halogens is 1. The van der Waals surface area contributed by atoms with Gasteiger partial charge in [-0.15, -0.1) is 0 Å². The normalized spacial score (nSPS) is 13.5. The Kier molecular flexibility index (Phi) is 3.42. The Balaban J connectivity index is 1.89. The molecule has 0 radical (unpaired) electrons. The maximum absolute atomic E-state index is 12.2. The highest BCUT2D eigenvalue weighted by Crippen LogP contribution is 2.24. The van der Waals surface area contributed by atoms with Crippen LogP contribution in [-0.4, -0.2) is 32.6 Å². The molecule has 0 saturated carbocycles. The molecule has 0 saturated heterocycles. The van der Waals surface area contributed by atoms with E-state index in [2.05, 4.69) is 5.10 Å². The van der Waals surface area contributed by atoms with Crippen LogP contribution in [0.25, 0.3) is 0 Å². The Morgan fingerprint density at radius 3 is 2.36 bits per heavy atom. The smallest absolute Gasteiger partial charge is 0.322 e. The first kappa shape index (κ1) is 14.3. The van der Waals surface area contributed by atoms with E-state index in [0.29, 0.717) is 11.6 Å². The van der Waals surface area contributed by atoms with Crippen molar-refractivity contribution in [1.82, 2.24) is 14.8 Å². The molecule has 0 atom stereocenters. The fraction of sp³-hybridized carbons (Fsp3) is 0.143. The molecule has 0 spiro atoms. The predicted molar refractivity (Wildman–Crippen MR) is 75.3 cm³/mol. The van der Waals surface area contributed by atoms with E-state index in [4.69, 9.17) is 16.4 Å². The van der Waals surface area contributed by atoms with Gasteiger partial charge in [-0.25, -0.2) is 4.79 Å². The van der Waals surface area contributed by atoms with Crippen molar-refractivity contribution in [2.24, 2.45) is 0 Å². The van der Waals surface area contributed by atoms with Crippen LogP contribution >= 0.6 is 11.6 Å². The van der Waals surface area contributed by atoms with Crippen molar-refractivity contribution >= 4 is 29.4 Å². The molecule has 1 aliphatic rings. The van der Waals surface area contributed by atoms with Gasteiger partial charge >= 0.3 is 5.97 Å². The van der Waals surface area contributed by atoms with Gasteiger partial charge in [0.1, 0.15) is 0 Å². The zero-order valence-corrected chi connectivity index (χ0v) is 12.2. The van der Waals surface area contributed by atoms with Crippen molar-refractivity contribution < 1.29 is 19.2 Å². The number of aromatic nitrogens is 2. The predicted octanol–water partition coefficient (Wildman–Crippen LogP) is 1.92. The molecule has 22 heavy (non-hydrogen) atoms. The molecule has 0 bridgehead atoms. The van der Waals surface area contributed by atoms with E-state index in [1.54, 1.807) is 19.1 Å². The van der Waals surface area contributed by atoms with Gasteiger partial charge in [-0.2, -0.15) is 5.10 Å². The summed E-state index contributed by atoms with van der Waals surface area (Å²) >= 11 is 5.89. The Labute approximate surface area is 130 Å². The number of nitrogens with zero attached hydrogens (tertiary/aromatic N) is 3. The number of fused-ring (bicyclic) bond motifs is 1. The molecule has 1 aliphatic heterocycles. The molecule has 1 aromatic heterocycles. The molecule has 2 amide bonds. The van der Waals surface area contributed by atoms with Crippen molar-refractivity contribution in [2.75, 3.05) is 0 Å². The van der Waals surface area contributed by atoms with Gasteiger partial charge in [0.05, 0.1) is 22.3 Å². The number of benzene rings is 1. The molecule has 1 aromatic carbocycles. The summed E-state index contributed by atoms with van der Waals surface area (Å²) < 4.78 is 1.32. The van der Waals surface area contributed by atoms with Crippen LogP contribution in [0.1, 0.15) is 38.1 Å². The van der Waals surface area contributed by atoms with Crippen LogP contribution in [0.3, 0.4) is 0 Å². The number of hydrogen-bond acceptors (Lipinski definition) is 5. The molecule has 0 unspecified atom stereocenters. The van der Waals surface area contributed by atoms with Crippen molar-refractivity contribution in [3.63, 3.8) is 0 Å². The monoisotopic (exact) mass is 319 g/mol. The van der Waals surface area contributed by atoms with Crippen LogP contribution in [0.2, 0.25) is 5.02 Å². The molecule has 0 aliphatic carbocycles. The van der Waals surface area contributed by atoms with Gasteiger partial charge in [0.2, 0.25) is 0 Å². The highest BCUT2D eigenvalue weighted by Gasteiger charge is 2.39. The first-order chi connectivity index (χ1) is 10.5. The summed E-state index contributed by atoms with van der Waals surface area (Å²) in [7, 11) is 0. The van der Waals surface area contributed by atoms with Crippen LogP contribution in [0, 0.1) is 0 Å². The number of rotatable bonds is 3. The first-order valence-electron chi connectivity index (χ1n) is 6.46. The number of carbonyl (C=O) groups is 3. The molecular weight excluding hydrogens is 310 g/mol. The molecule has 2 heterocycles. The number of imide groups is 1. The second-order valence-electron chi connectivity index (χ2n) is 4.49. The molecular formula is C14H10ClN3O4. The topological polar surface area (TPSA) is 81.5 Å². The number of hydrogen-bond donors (Lipinski definition) is 0. The van der Waals surface area contributed by atoms with Gasteiger partial charge < -0.3 is 4.84 Å². The van der Waals surface area contributed by atoms with Crippen LogP contribution in [0.15, 0.2) is 30.5 Å². The summed E-state index contributed by atoms with van der Waals surface area (Å²) in [5.74, 6) is -2.29. The number of carbonyl (C=O) groups excluding carboxylic acids is 3. The molecule has 0 N–H and O–H groups in total. The Hall–Kier alpha value is -2.67. The summed E-state index contributed by atoms with van der Waals surface area (Å²) in [4.78, 5) is 41.4. The van der Waals surface area contributed by atoms with E-state index < -0.39 is 17.8 Å². The minimum Gasteiger partial charge on any atom is -0.322 e. The van der Waals surface area contributed by atoms with Gasteiger partial charge in [-0.3, -0.25) is 14.3 Å². The second kappa shape index (κ2) is 5.27. The van der Waals surface area contributed by atoms with E-state index in [0.717, 1.165) is 0 Å².